The van der Waals surface area contributed by atoms with E-state index in [4.69, 9.17) is 9.84 Å². The van der Waals surface area contributed by atoms with Gasteiger partial charge in [-0.25, -0.2) is 4.79 Å². The van der Waals surface area contributed by atoms with E-state index in [1.165, 1.54) is 0 Å². The first kappa shape index (κ1) is 13.7. The Morgan fingerprint density at radius 3 is 2.80 bits per heavy atom. The van der Waals surface area contributed by atoms with E-state index in [0.29, 0.717) is 26.0 Å². The second-order valence-electron chi connectivity index (χ2n) is 6.10. The Hall–Kier alpha value is -1.30. The molecule has 0 spiro atoms. The Kier molecular flexibility index (Phi) is 3.83. The van der Waals surface area contributed by atoms with Gasteiger partial charge in [-0.05, 0) is 38.5 Å². The average molecular weight is 282 g/mol. The van der Waals surface area contributed by atoms with Gasteiger partial charge in [0.25, 0.3) is 0 Å². The predicted molar refractivity (Wildman–Crippen MR) is 71.4 cm³/mol. The summed E-state index contributed by atoms with van der Waals surface area (Å²) < 4.78 is 5.70. The molecule has 3 fully saturated rings. The number of nitrogens with zero attached hydrogens (tertiary/aromatic N) is 1. The lowest BCUT2D eigenvalue weighted by Gasteiger charge is -2.38. The molecule has 0 aromatic rings. The lowest BCUT2D eigenvalue weighted by molar-refractivity contribution is -0.141. The fourth-order valence-corrected chi connectivity index (χ4v) is 3.77. The zero-order chi connectivity index (χ0) is 14.1. The number of urea groups is 1. The Balaban J connectivity index is 1.55. The molecule has 2 N–H and O–H groups in total. The van der Waals surface area contributed by atoms with Crippen LogP contribution in [-0.4, -0.2) is 53.3 Å². The van der Waals surface area contributed by atoms with Gasteiger partial charge in [-0.15, -0.1) is 0 Å². The highest BCUT2D eigenvalue weighted by Gasteiger charge is 2.39. The smallest absolute Gasteiger partial charge is 0.318 e. The quantitative estimate of drug-likeness (QED) is 0.797. The zero-order valence-electron chi connectivity index (χ0n) is 11.6. The van der Waals surface area contributed by atoms with Crippen LogP contribution in [0.1, 0.15) is 38.5 Å². The van der Waals surface area contributed by atoms with Crippen LogP contribution in [-0.2, 0) is 9.53 Å². The van der Waals surface area contributed by atoms with E-state index in [1.807, 2.05) is 4.90 Å². The third-order valence-electron chi connectivity index (χ3n) is 4.85. The van der Waals surface area contributed by atoms with E-state index in [-0.39, 0.29) is 30.1 Å². The molecule has 6 nitrogen and oxygen atoms in total. The number of carboxylic acid groups (broad SMARTS) is 1. The third-order valence-corrected chi connectivity index (χ3v) is 4.85. The molecule has 0 radical (unpaired) electrons. The fourth-order valence-electron chi connectivity index (χ4n) is 3.77. The fraction of sp³-hybridized carbons (Fsp3) is 0.857. The van der Waals surface area contributed by atoms with Crippen molar-refractivity contribution >= 4 is 12.0 Å². The van der Waals surface area contributed by atoms with Gasteiger partial charge >= 0.3 is 12.0 Å². The van der Waals surface area contributed by atoms with Gasteiger partial charge in [-0.3, -0.25) is 4.79 Å². The molecule has 112 valence electrons. The van der Waals surface area contributed by atoms with Gasteiger partial charge in [0.2, 0.25) is 0 Å². The van der Waals surface area contributed by atoms with Crippen molar-refractivity contribution in [1.82, 2.24) is 10.2 Å². The molecule has 2 aliphatic carbocycles. The number of hydrogen-bond donors (Lipinski definition) is 2. The van der Waals surface area contributed by atoms with E-state index in [1.54, 1.807) is 0 Å². The number of fused-ring (bicyclic) bond motifs is 1. The van der Waals surface area contributed by atoms with E-state index in [0.717, 1.165) is 25.7 Å². The SMILES string of the molecule is O=C(O)[C@@H]1CC[C@H](NC(=O)N2CCOC3CCCC32)C1. The van der Waals surface area contributed by atoms with Crippen LogP contribution in [0.2, 0.25) is 0 Å². The second kappa shape index (κ2) is 5.60. The van der Waals surface area contributed by atoms with Crippen LogP contribution in [0.5, 0.6) is 0 Å². The van der Waals surface area contributed by atoms with Crippen molar-refractivity contribution in [1.29, 1.82) is 0 Å². The molecule has 3 aliphatic rings. The van der Waals surface area contributed by atoms with Crippen molar-refractivity contribution in [3.63, 3.8) is 0 Å². The highest BCUT2D eigenvalue weighted by Crippen LogP contribution is 2.30. The number of hydrogen-bond acceptors (Lipinski definition) is 3. The minimum atomic E-state index is -0.746. The van der Waals surface area contributed by atoms with Gasteiger partial charge in [0, 0.05) is 12.6 Å². The number of carbonyl (C=O) groups is 2. The molecule has 0 bridgehead atoms. The number of ether oxygens (including phenoxy) is 1. The van der Waals surface area contributed by atoms with Crippen molar-refractivity contribution in [3.8, 4) is 0 Å². The molecule has 2 unspecified atom stereocenters. The maximum absolute atomic E-state index is 12.4. The number of aliphatic carboxylic acids is 1. The minimum absolute atomic E-state index is 0.00583. The number of nitrogens with one attached hydrogen (secondary N) is 1. The molecule has 1 saturated heterocycles. The van der Waals surface area contributed by atoms with E-state index in [9.17, 15) is 9.59 Å². The van der Waals surface area contributed by atoms with E-state index < -0.39 is 5.97 Å². The summed E-state index contributed by atoms with van der Waals surface area (Å²) in [5, 5.41) is 12.0. The first-order valence-electron chi connectivity index (χ1n) is 7.56. The average Bonchev–Trinajstić information content (AvgIpc) is 3.05. The number of morpholine rings is 1. The monoisotopic (exact) mass is 282 g/mol. The molecule has 20 heavy (non-hydrogen) atoms. The largest absolute Gasteiger partial charge is 0.481 e. The normalized spacial score (nSPS) is 36.7. The number of amides is 2. The topological polar surface area (TPSA) is 78.9 Å². The molecule has 2 saturated carbocycles. The van der Waals surface area contributed by atoms with Gasteiger partial charge in [0.15, 0.2) is 0 Å². The van der Waals surface area contributed by atoms with Crippen LogP contribution in [0.3, 0.4) is 0 Å². The van der Waals surface area contributed by atoms with Gasteiger partial charge in [-0.1, -0.05) is 0 Å². The molecular weight excluding hydrogens is 260 g/mol. The number of carbonyl (C=O) groups excluding carboxylic acids is 1. The lowest BCUT2D eigenvalue weighted by Crippen LogP contribution is -2.55. The summed E-state index contributed by atoms with van der Waals surface area (Å²) in [7, 11) is 0. The summed E-state index contributed by atoms with van der Waals surface area (Å²) in [4.78, 5) is 25.2. The van der Waals surface area contributed by atoms with Gasteiger partial charge in [-0.2, -0.15) is 0 Å². The molecule has 4 atom stereocenters. The van der Waals surface area contributed by atoms with Crippen molar-refractivity contribution in [2.45, 2.75) is 56.7 Å². The van der Waals surface area contributed by atoms with Crippen LogP contribution >= 0.6 is 0 Å². The maximum atomic E-state index is 12.4. The molecule has 2 amide bonds. The van der Waals surface area contributed by atoms with Crippen molar-refractivity contribution in [3.05, 3.63) is 0 Å². The number of carboxylic acids is 1. The van der Waals surface area contributed by atoms with Crippen LogP contribution < -0.4 is 5.32 Å². The minimum Gasteiger partial charge on any atom is -0.481 e. The summed E-state index contributed by atoms with van der Waals surface area (Å²) >= 11 is 0. The number of rotatable bonds is 2. The Morgan fingerprint density at radius 1 is 1.20 bits per heavy atom. The molecule has 1 heterocycles. The Morgan fingerprint density at radius 2 is 2.05 bits per heavy atom. The van der Waals surface area contributed by atoms with Crippen molar-refractivity contribution < 1.29 is 19.4 Å². The highest BCUT2D eigenvalue weighted by molar-refractivity contribution is 5.76. The second-order valence-corrected chi connectivity index (χ2v) is 6.10. The van der Waals surface area contributed by atoms with E-state index in [2.05, 4.69) is 5.32 Å². The van der Waals surface area contributed by atoms with Crippen LogP contribution in [0.4, 0.5) is 4.79 Å². The molecule has 0 aromatic carbocycles. The van der Waals surface area contributed by atoms with Crippen molar-refractivity contribution in [2.24, 2.45) is 5.92 Å². The Labute approximate surface area is 118 Å². The molecular formula is C14H22N2O4. The Bertz CT molecular complexity index is 401. The standard InChI is InChI=1S/C14H22N2O4/c17-13(18)9-4-5-10(8-9)15-14(19)16-6-7-20-12-3-1-2-11(12)16/h9-12H,1-8H2,(H,15,19)(H,17,18)/t9-,10+,11?,12?/m1/s1. The first-order chi connectivity index (χ1) is 9.65. The zero-order valence-corrected chi connectivity index (χ0v) is 11.6. The summed E-state index contributed by atoms with van der Waals surface area (Å²) in [6, 6.07) is 0.174. The summed E-state index contributed by atoms with van der Waals surface area (Å²) in [6.07, 6.45) is 5.35. The molecule has 6 heteroatoms. The molecule has 1 aliphatic heterocycles. The van der Waals surface area contributed by atoms with Crippen LogP contribution in [0, 0.1) is 5.92 Å². The van der Waals surface area contributed by atoms with Crippen molar-refractivity contribution in [2.75, 3.05) is 13.2 Å². The summed E-state index contributed by atoms with van der Waals surface area (Å²) in [5.74, 6) is -1.05. The predicted octanol–water partition coefficient (Wildman–Crippen LogP) is 1.20. The van der Waals surface area contributed by atoms with Crippen LogP contribution in [0.15, 0.2) is 0 Å². The first-order valence-corrected chi connectivity index (χ1v) is 7.56. The molecule has 0 aromatic heterocycles. The van der Waals surface area contributed by atoms with Gasteiger partial charge < -0.3 is 20.1 Å². The van der Waals surface area contributed by atoms with E-state index >= 15 is 0 Å². The third kappa shape index (κ3) is 2.61. The highest BCUT2D eigenvalue weighted by atomic mass is 16.5. The summed E-state index contributed by atoms with van der Waals surface area (Å²) in [5.41, 5.74) is 0. The van der Waals surface area contributed by atoms with Crippen LogP contribution in [0.25, 0.3) is 0 Å². The maximum Gasteiger partial charge on any atom is 0.318 e. The summed E-state index contributed by atoms with van der Waals surface area (Å²) in [6.45, 7) is 1.25. The van der Waals surface area contributed by atoms with Gasteiger partial charge in [0.05, 0.1) is 24.7 Å². The lowest BCUT2D eigenvalue weighted by atomic mass is 10.1. The van der Waals surface area contributed by atoms with Gasteiger partial charge in [0.1, 0.15) is 0 Å². The molecule has 3 rings (SSSR count).